The molecule has 0 aliphatic carbocycles. The van der Waals surface area contributed by atoms with Crippen molar-refractivity contribution in [1.29, 1.82) is 0 Å². The summed E-state index contributed by atoms with van der Waals surface area (Å²) in [4.78, 5) is 27.8. The van der Waals surface area contributed by atoms with Crippen LogP contribution in [0.15, 0.2) is 24.3 Å². The highest BCUT2D eigenvalue weighted by Crippen LogP contribution is 2.20. The molecule has 0 saturated carbocycles. The predicted octanol–water partition coefficient (Wildman–Crippen LogP) is 0.595. The summed E-state index contributed by atoms with van der Waals surface area (Å²) in [6.07, 6.45) is 0. The molecule has 0 spiro atoms. The molecule has 1 aromatic rings. The van der Waals surface area contributed by atoms with Crippen LogP contribution in [-0.2, 0) is 16.1 Å². The van der Waals surface area contributed by atoms with E-state index in [9.17, 15) is 9.59 Å². The van der Waals surface area contributed by atoms with Gasteiger partial charge < -0.3 is 4.90 Å². The van der Waals surface area contributed by atoms with Gasteiger partial charge in [0.25, 0.3) is 5.91 Å². The molecule has 2 amide bonds. The van der Waals surface area contributed by atoms with Gasteiger partial charge in [-0.25, -0.2) is 5.43 Å². The minimum Gasteiger partial charge on any atom is -0.336 e. The highest BCUT2D eigenvalue weighted by molar-refractivity contribution is 6.31. The Morgan fingerprint density at radius 1 is 1.22 bits per heavy atom. The maximum atomic E-state index is 12.4. The van der Waals surface area contributed by atoms with Crippen molar-refractivity contribution < 1.29 is 9.59 Å². The van der Waals surface area contributed by atoms with Crippen LogP contribution in [0.4, 0.5) is 0 Å². The number of nitrogens with one attached hydrogen (secondary N) is 2. The second kappa shape index (κ2) is 7.05. The van der Waals surface area contributed by atoms with Crippen LogP contribution in [-0.4, -0.2) is 59.2 Å². The Morgan fingerprint density at radius 3 is 2.74 bits per heavy atom. The maximum absolute atomic E-state index is 12.4. The number of piperazine rings is 1. The molecule has 1 aromatic carbocycles. The van der Waals surface area contributed by atoms with Gasteiger partial charge in [0.2, 0.25) is 5.91 Å². The fraction of sp³-hybridized carbons (Fsp3) is 0.467. The lowest BCUT2D eigenvalue weighted by molar-refractivity contribution is -0.139. The zero-order valence-electron chi connectivity index (χ0n) is 12.5. The van der Waals surface area contributed by atoms with E-state index in [-0.39, 0.29) is 24.4 Å². The van der Waals surface area contributed by atoms with Gasteiger partial charge in [0.05, 0.1) is 6.54 Å². The van der Waals surface area contributed by atoms with E-state index in [0.717, 1.165) is 5.56 Å². The van der Waals surface area contributed by atoms with Crippen LogP contribution >= 0.6 is 23.2 Å². The van der Waals surface area contributed by atoms with Crippen molar-refractivity contribution in [3.63, 3.8) is 0 Å². The summed E-state index contributed by atoms with van der Waals surface area (Å²) in [7, 11) is 0. The summed E-state index contributed by atoms with van der Waals surface area (Å²) in [6, 6.07) is 7.34. The second-order valence-electron chi connectivity index (χ2n) is 5.72. The molecule has 2 N–H and O–H groups in total. The van der Waals surface area contributed by atoms with Gasteiger partial charge in [-0.1, -0.05) is 29.8 Å². The summed E-state index contributed by atoms with van der Waals surface area (Å²) < 4.78 is 0. The van der Waals surface area contributed by atoms with E-state index >= 15 is 0 Å². The van der Waals surface area contributed by atoms with Crippen molar-refractivity contribution in [2.24, 2.45) is 0 Å². The Morgan fingerprint density at radius 2 is 2.00 bits per heavy atom. The van der Waals surface area contributed by atoms with Crippen molar-refractivity contribution in [2.45, 2.75) is 18.0 Å². The number of hydrogen-bond donors (Lipinski definition) is 2. The number of rotatable bonds is 3. The van der Waals surface area contributed by atoms with Crippen LogP contribution in [0.2, 0.25) is 5.02 Å². The van der Waals surface area contributed by atoms with Gasteiger partial charge in [-0.05, 0) is 11.6 Å². The molecule has 2 unspecified atom stereocenters. The van der Waals surface area contributed by atoms with E-state index in [4.69, 9.17) is 23.2 Å². The molecule has 2 fully saturated rings. The topological polar surface area (TPSA) is 64.7 Å². The Labute approximate surface area is 144 Å². The third kappa shape index (κ3) is 3.61. The van der Waals surface area contributed by atoms with E-state index in [1.165, 1.54) is 0 Å². The lowest BCUT2D eigenvalue weighted by Gasteiger charge is -2.41. The molecule has 0 aromatic heterocycles. The molecular weight excluding hydrogens is 339 g/mol. The largest absolute Gasteiger partial charge is 0.336 e. The maximum Gasteiger partial charge on any atom is 0.253 e. The quantitative estimate of drug-likeness (QED) is 0.778. The van der Waals surface area contributed by atoms with Crippen LogP contribution in [0.25, 0.3) is 0 Å². The van der Waals surface area contributed by atoms with Crippen LogP contribution in [0.3, 0.4) is 0 Å². The molecule has 8 heteroatoms. The van der Waals surface area contributed by atoms with Crippen molar-refractivity contribution in [1.82, 2.24) is 20.7 Å². The lowest BCUT2D eigenvalue weighted by Crippen LogP contribution is -2.65. The van der Waals surface area contributed by atoms with Crippen LogP contribution in [0.5, 0.6) is 0 Å². The monoisotopic (exact) mass is 356 g/mol. The number of hydrogen-bond acceptors (Lipinski definition) is 4. The molecule has 2 saturated heterocycles. The summed E-state index contributed by atoms with van der Waals surface area (Å²) >= 11 is 12.3. The molecule has 2 heterocycles. The lowest BCUT2D eigenvalue weighted by atomic mass is 10.1. The van der Waals surface area contributed by atoms with Crippen LogP contribution in [0, 0.1) is 0 Å². The molecule has 0 bridgehead atoms. The van der Waals surface area contributed by atoms with Crippen molar-refractivity contribution in [3.8, 4) is 0 Å². The first-order valence-electron chi connectivity index (χ1n) is 7.48. The fourth-order valence-electron chi connectivity index (χ4n) is 2.91. The minimum atomic E-state index is -0.654. The van der Waals surface area contributed by atoms with E-state index in [2.05, 4.69) is 10.9 Å². The van der Waals surface area contributed by atoms with E-state index in [0.29, 0.717) is 31.2 Å². The minimum absolute atomic E-state index is 0.0195. The van der Waals surface area contributed by atoms with Gasteiger partial charge >= 0.3 is 0 Å². The molecule has 0 radical (unpaired) electrons. The fourth-order valence-corrected chi connectivity index (χ4v) is 3.41. The molecule has 2 atom stereocenters. The molecule has 2 aliphatic rings. The highest BCUT2D eigenvalue weighted by atomic mass is 35.5. The molecule has 6 nitrogen and oxygen atoms in total. The first-order valence-corrected chi connectivity index (χ1v) is 8.29. The standard InChI is InChI=1S/C15H18Cl2N4O2/c16-11-4-2-1-3-10(11)8-21-6-5-20(9-13(21)22)12-7-18-19-15(23)14(12)17/h1-4,12,14,18H,5-9H2,(H,19,23). The number of carbonyl (C=O) groups excluding carboxylic acids is 2. The highest BCUT2D eigenvalue weighted by Gasteiger charge is 2.37. The van der Waals surface area contributed by atoms with Crippen molar-refractivity contribution in [3.05, 3.63) is 34.9 Å². The Balaban J connectivity index is 1.62. The van der Waals surface area contributed by atoms with E-state index < -0.39 is 5.38 Å². The van der Waals surface area contributed by atoms with Gasteiger partial charge in [0, 0.05) is 37.2 Å². The van der Waals surface area contributed by atoms with Crippen molar-refractivity contribution >= 4 is 35.0 Å². The zero-order chi connectivity index (χ0) is 16.4. The van der Waals surface area contributed by atoms with Gasteiger partial charge in [0.1, 0.15) is 5.38 Å². The van der Waals surface area contributed by atoms with E-state index in [1.807, 2.05) is 29.2 Å². The number of carbonyl (C=O) groups is 2. The Hall–Kier alpha value is -1.34. The summed E-state index contributed by atoms with van der Waals surface area (Å²) in [5.74, 6) is -0.236. The van der Waals surface area contributed by atoms with Crippen LogP contribution in [0.1, 0.15) is 5.56 Å². The van der Waals surface area contributed by atoms with Gasteiger partial charge in [-0.15, -0.1) is 11.6 Å². The molecule has 3 rings (SSSR count). The first kappa shape index (κ1) is 16.5. The average molecular weight is 357 g/mol. The Bertz CT molecular complexity index is 613. The smallest absolute Gasteiger partial charge is 0.253 e. The first-order chi connectivity index (χ1) is 11.1. The molecule has 23 heavy (non-hydrogen) atoms. The summed E-state index contributed by atoms with van der Waals surface area (Å²) in [5.41, 5.74) is 6.25. The average Bonchev–Trinajstić information content (AvgIpc) is 2.54. The molecular formula is C15H18Cl2N4O2. The number of hydrazine groups is 1. The normalized spacial score (nSPS) is 26.3. The second-order valence-corrected chi connectivity index (χ2v) is 6.59. The number of nitrogens with zero attached hydrogens (tertiary/aromatic N) is 2. The van der Waals surface area contributed by atoms with Crippen LogP contribution < -0.4 is 10.9 Å². The third-order valence-corrected chi connectivity index (χ3v) is 5.11. The molecule has 124 valence electrons. The van der Waals surface area contributed by atoms with E-state index in [1.54, 1.807) is 4.90 Å². The Kier molecular flexibility index (Phi) is 5.06. The molecule has 2 aliphatic heterocycles. The SMILES string of the molecule is O=C1NNCC(N2CCN(Cc3ccccc3Cl)C(=O)C2)C1Cl. The predicted molar refractivity (Wildman–Crippen MR) is 88.0 cm³/mol. The van der Waals surface area contributed by atoms with Gasteiger partial charge in [-0.3, -0.25) is 19.9 Å². The van der Waals surface area contributed by atoms with Gasteiger partial charge in [0.15, 0.2) is 0 Å². The zero-order valence-corrected chi connectivity index (χ0v) is 14.0. The number of halogens is 2. The third-order valence-electron chi connectivity index (χ3n) is 4.25. The number of amides is 2. The number of benzene rings is 1. The van der Waals surface area contributed by atoms with Gasteiger partial charge in [-0.2, -0.15) is 0 Å². The van der Waals surface area contributed by atoms with Crippen molar-refractivity contribution in [2.75, 3.05) is 26.2 Å². The summed E-state index contributed by atoms with van der Waals surface area (Å²) in [5, 5.41) is 0.0101. The summed E-state index contributed by atoms with van der Waals surface area (Å²) in [6.45, 7) is 2.55. The number of alkyl halides is 1.